The Labute approximate surface area is 172 Å². The molecule has 1 aromatic heterocycles. The van der Waals surface area contributed by atoms with Gasteiger partial charge < -0.3 is 14.2 Å². The Morgan fingerprint density at radius 1 is 1.14 bits per heavy atom. The van der Waals surface area contributed by atoms with Crippen LogP contribution in [0, 0.1) is 20.8 Å². The number of benzene rings is 1. The normalized spacial score (nSPS) is 11.8. The summed E-state index contributed by atoms with van der Waals surface area (Å²) in [5.74, 6) is -0.826. The quantitative estimate of drug-likeness (QED) is 0.525. The second-order valence-corrected chi connectivity index (χ2v) is 7.34. The molecule has 29 heavy (non-hydrogen) atoms. The number of rotatable bonds is 7. The molecule has 0 bridgehead atoms. The zero-order chi connectivity index (χ0) is 21.9. The van der Waals surface area contributed by atoms with Crippen LogP contribution in [-0.2, 0) is 11.8 Å². The van der Waals surface area contributed by atoms with E-state index in [9.17, 15) is 14.4 Å². The van der Waals surface area contributed by atoms with E-state index in [1.807, 2.05) is 32.0 Å². The monoisotopic (exact) mass is 398 g/mol. The van der Waals surface area contributed by atoms with Crippen molar-refractivity contribution < 1.29 is 19.1 Å². The van der Waals surface area contributed by atoms with Gasteiger partial charge in [-0.2, -0.15) is 0 Å². The van der Waals surface area contributed by atoms with Crippen LogP contribution < -0.4 is 0 Å². The third-order valence-electron chi connectivity index (χ3n) is 5.50. The summed E-state index contributed by atoms with van der Waals surface area (Å²) in [4.78, 5) is 40.4. The van der Waals surface area contributed by atoms with Gasteiger partial charge in [-0.05, 0) is 51.3 Å². The van der Waals surface area contributed by atoms with Crippen molar-refractivity contribution in [3.05, 3.63) is 57.9 Å². The number of amides is 1. The minimum absolute atomic E-state index is 0.162. The van der Waals surface area contributed by atoms with Crippen LogP contribution in [0.15, 0.2) is 24.3 Å². The van der Waals surface area contributed by atoms with Gasteiger partial charge in [0.25, 0.3) is 5.91 Å². The first-order chi connectivity index (χ1) is 13.7. The number of esters is 1. The minimum Gasteiger partial charge on any atom is -0.464 e. The molecule has 1 heterocycles. The first-order valence-electron chi connectivity index (χ1n) is 9.82. The van der Waals surface area contributed by atoms with Crippen molar-refractivity contribution >= 4 is 17.7 Å². The van der Waals surface area contributed by atoms with Gasteiger partial charge in [0.2, 0.25) is 0 Å². The molecule has 0 N–H and O–H groups in total. The van der Waals surface area contributed by atoms with E-state index in [-0.39, 0.29) is 11.7 Å². The van der Waals surface area contributed by atoms with Crippen molar-refractivity contribution in [1.29, 1.82) is 0 Å². The topological polar surface area (TPSA) is 68.6 Å². The zero-order valence-corrected chi connectivity index (χ0v) is 18.3. The molecular formula is C23H30N2O4. The van der Waals surface area contributed by atoms with E-state index in [0.29, 0.717) is 34.6 Å². The zero-order valence-electron chi connectivity index (χ0n) is 18.3. The maximum Gasteiger partial charge on any atom is 0.354 e. The Balaban J connectivity index is 2.47. The number of aromatic nitrogens is 1. The fraction of sp³-hybridized carbons (Fsp3) is 0.435. The van der Waals surface area contributed by atoms with Crippen molar-refractivity contribution in [2.75, 3.05) is 13.7 Å². The Bertz CT molecular complexity index is 943. The van der Waals surface area contributed by atoms with E-state index < -0.39 is 12.0 Å². The Morgan fingerprint density at radius 3 is 2.31 bits per heavy atom. The van der Waals surface area contributed by atoms with Crippen molar-refractivity contribution in [2.45, 2.75) is 47.1 Å². The van der Waals surface area contributed by atoms with Crippen molar-refractivity contribution in [3.63, 3.8) is 0 Å². The molecule has 1 amide bonds. The standard InChI is InChI=1S/C23H30N2O4/c1-8-13-25(22(27)18-12-10-9-11-14(18)2)17(5)21(26)19-15(3)20(23(28)29-7)24(6)16(19)4/h9-12,17H,8,13H2,1-7H3/t17-/m0/s1. The first-order valence-corrected chi connectivity index (χ1v) is 9.82. The van der Waals surface area contributed by atoms with Crippen LogP contribution in [0.1, 0.15) is 68.3 Å². The number of nitrogens with zero attached hydrogens (tertiary/aromatic N) is 2. The molecule has 2 rings (SSSR count). The largest absolute Gasteiger partial charge is 0.464 e. The molecule has 0 aliphatic carbocycles. The number of hydrogen-bond donors (Lipinski definition) is 0. The first kappa shape index (κ1) is 22.4. The number of aryl methyl sites for hydroxylation is 1. The van der Waals surface area contributed by atoms with Gasteiger partial charge in [-0.3, -0.25) is 9.59 Å². The number of methoxy groups -OCH3 is 1. The van der Waals surface area contributed by atoms with E-state index in [1.54, 1.807) is 43.4 Å². The van der Waals surface area contributed by atoms with Crippen molar-refractivity contribution in [3.8, 4) is 0 Å². The number of ketones is 1. The molecule has 0 aliphatic rings. The second kappa shape index (κ2) is 9.07. The van der Waals surface area contributed by atoms with Crippen molar-refractivity contribution in [2.24, 2.45) is 7.05 Å². The van der Waals surface area contributed by atoms with Gasteiger partial charge in [0, 0.05) is 30.4 Å². The highest BCUT2D eigenvalue weighted by Gasteiger charge is 2.32. The van der Waals surface area contributed by atoms with Gasteiger partial charge >= 0.3 is 5.97 Å². The lowest BCUT2D eigenvalue weighted by Gasteiger charge is -2.29. The molecular weight excluding hydrogens is 368 g/mol. The number of Topliss-reactive ketones (excluding diaryl/α,β-unsaturated/α-hetero) is 1. The van der Waals surface area contributed by atoms with Crippen LogP contribution in [0.3, 0.4) is 0 Å². The summed E-state index contributed by atoms with van der Waals surface area (Å²) in [7, 11) is 3.05. The van der Waals surface area contributed by atoms with E-state index in [1.165, 1.54) is 7.11 Å². The van der Waals surface area contributed by atoms with Crippen LogP contribution in [0.5, 0.6) is 0 Å². The molecule has 0 radical (unpaired) electrons. The summed E-state index contributed by atoms with van der Waals surface area (Å²) in [6, 6.07) is 6.72. The SMILES string of the molecule is CCCN(C(=O)c1ccccc1C)[C@@H](C)C(=O)c1c(C)c(C(=O)OC)n(C)c1C. The third-order valence-corrected chi connectivity index (χ3v) is 5.50. The Kier molecular flexibility index (Phi) is 7.01. The predicted molar refractivity (Wildman–Crippen MR) is 113 cm³/mol. The van der Waals surface area contributed by atoms with Crippen LogP contribution in [-0.4, -0.2) is 46.8 Å². The highest BCUT2D eigenvalue weighted by Crippen LogP contribution is 2.25. The fourth-order valence-electron chi connectivity index (χ4n) is 3.76. The summed E-state index contributed by atoms with van der Waals surface area (Å²) < 4.78 is 6.54. The average molecular weight is 399 g/mol. The van der Waals surface area contributed by atoms with Crippen LogP contribution in [0.4, 0.5) is 0 Å². The summed E-state index contributed by atoms with van der Waals surface area (Å²) in [5, 5.41) is 0. The van der Waals surface area contributed by atoms with Crippen LogP contribution in [0.25, 0.3) is 0 Å². The van der Waals surface area contributed by atoms with Crippen LogP contribution in [0.2, 0.25) is 0 Å². The molecule has 6 nitrogen and oxygen atoms in total. The lowest BCUT2D eigenvalue weighted by Crippen LogP contribution is -2.44. The Hall–Kier alpha value is -2.89. The van der Waals surface area contributed by atoms with E-state index in [2.05, 4.69) is 0 Å². The Morgan fingerprint density at radius 2 is 1.76 bits per heavy atom. The molecule has 1 aromatic carbocycles. The maximum atomic E-state index is 13.4. The van der Waals surface area contributed by atoms with Gasteiger partial charge in [-0.1, -0.05) is 25.1 Å². The van der Waals surface area contributed by atoms with Gasteiger partial charge in [0.15, 0.2) is 5.78 Å². The number of ether oxygens (including phenoxy) is 1. The number of hydrogen-bond acceptors (Lipinski definition) is 4. The average Bonchev–Trinajstić information content (AvgIpc) is 2.93. The van der Waals surface area contributed by atoms with Gasteiger partial charge in [0.1, 0.15) is 5.69 Å². The lowest BCUT2D eigenvalue weighted by molar-refractivity contribution is 0.0588. The van der Waals surface area contributed by atoms with Crippen molar-refractivity contribution in [1.82, 2.24) is 9.47 Å². The lowest BCUT2D eigenvalue weighted by atomic mass is 9.98. The fourth-order valence-corrected chi connectivity index (χ4v) is 3.76. The molecule has 0 fully saturated rings. The molecule has 0 unspecified atom stereocenters. The molecule has 0 saturated heterocycles. The summed E-state index contributed by atoms with van der Waals surface area (Å²) >= 11 is 0. The summed E-state index contributed by atoms with van der Waals surface area (Å²) in [5.41, 5.74) is 3.55. The van der Waals surface area contributed by atoms with E-state index >= 15 is 0 Å². The molecule has 1 atom stereocenters. The molecule has 0 aliphatic heterocycles. The number of carbonyl (C=O) groups is 3. The van der Waals surface area contributed by atoms with E-state index in [4.69, 9.17) is 4.74 Å². The van der Waals surface area contributed by atoms with Gasteiger partial charge in [-0.15, -0.1) is 0 Å². The van der Waals surface area contributed by atoms with Gasteiger partial charge in [-0.25, -0.2) is 4.79 Å². The molecule has 2 aromatic rings. The predicted octanol–water partition coefficient (Wildman–Crippen LogP) is 3.86. The van der Waals surface area contributed by atoms with Gasteiger partial charge in [0.05, 0.1) is 13.2 Å². The third kappa shape index (κ3) is 4.11. The molecule has 156 valence electrons. The second-order valence-electron chi connectivity index (χ2n) is 7.34. The highest BCUT2D eigenvalue weighted by molar-refractivity contribution is 6.07. The number of carbonyl (C=O) groups excluding carboxylic acids is 3. The maximum absolute atomic E-state index is 13.4. The molecule has 0 spiro atoms. The smallest absolute Gasteiger partial charge is 0.354 e. The molecule has 6 heteroatoms. The highest BCUT2D eigenvalue weighted by atomic mass is 16.5. The summed E-state index contributed by atoms with van der Waals surface area (Å²) in [6.07, 6.45) is 0.732. The van der Waals surface area contributed by atoms with E-state index in [0.717, 1.165) is 12.0 Å². The molecule has 0 saturated carbocycles. The summed E-state index contributed by atoms with van der Waals surface area (Å²) in [6.45, 7) is 9.62. The van der Waals surface area contributed by atoms with Crippen LogP contribution >= 0.6 is 0 Å². The minimum atomic E-state index is -0.660.